The molecule has 2 aromatic carbocycles. The molecule has 0 saturated carbocycles. The van der Waals surface area contributed by atoms with Crippen molar-refractivity contribution < 1.29 is 28.8 Å². The van der Waals surface area contributed by atoms with E-state index in [0.29, 0.717) is 50.7 Å². The van der Waals surface area contributed by atoms with E-state index in [-0.39, 0.29) is 23.7 Å². The predicted octanol–water partition coefficient (Wildman–Crippen LogP) is 5.03. The number of nitrogens with two attached hydrogens (primary N) is 1. The Morgan fingerprint density at radius 2 is 1.67 bits per heavy atom. The number of aliphatic hydroxyl groups excluding tert-OH is 1. The number of nitrogens with one attached hydrogen (secondary N) is 1. The average molecular weight is 587 g/mol. The number of ether oxygens (including phenoxy) is 4. The van der Waals surface area contributed by atoms with Crippen LogP contribution in [0.15, 0.2) is 42.5 Å². The topological polar surface area (TPSA) is 112 Å². The van der Waals surface area contributed by atoms with Crippen molar-refractivity contribution in [2.45, 2.75) is 71.9 Å². The van der Waals surface area contributed by atoms with Gasteiger partial charge in [0.05, 0.1) is 26.9 Å². The first kappa shape index (κ1) is 35.4. The summed E-state index contributed by atoms with van der Waals surface area (Å²) in [6.45, 7) is 10.1. The van der Waals surface area contributed by atoms with Crippen LogP contribution in [-0.4, -0.2) is 64.2 Å². The summed E-state index contributed by atoms with van der Waals surface area (Å²) < 4.78 is 21.9. The van der Waals surface area contributed by atoms with Crippen LogP contribution in [0.1, 0.15) is 58.1 Å². The third kappa shape index (κ3) is 11.8. The minimum atomic E-state index is -0.779. The highest BCUT2D eigenvalue weighted by molar-refractivity contribution is 5.78. The van der Waals surface area contributed by atoms with Crippen LogP contribution in [0.4, 0.5) is 0 Å². The molecule has 0 aromatic heterocycles. The van der Waals surface area contributed by atoms with E-state index < -0.39 is 12.1 Å². The maximum atomic E-state index is 13.1. The standard InChI is InChI=1S/C34H54N2O6/c1-23(2)27(18-26-12-13-32(41-7)33(20-26)42-17-9-16-39-5)21-30(35)31(37)22-29(24(3)4)34(38)36-15-14-25-10-8-11-28(19-25)40-6/h8,10-13,19-20,23-24,27,29-31,37H,9,14-18,21-22,35H2,1-7H3,(H,36,38)/t27-,29-,30-,31-/m0/s1. The number of carbonyl (C=O) groups excluding carboxylic acids is 1. The van der Waals surface area contributed by atoms with Crippen molar-refractivity contribution in [3.8, 4) is 17.2 Å². The van der Waals surface area contributed by atoms with Gasteiger partial charge in [-0.1, -0.05) is 45.9 Å². The third-order valence-corrected chi connectivity index (χ3v) is 7.97. The number of hydrogen-bond donors (Lipinski definition) is 3. The average Bonchev–Trinajstić information content (AvgIpc) is 2.97. The summed E-state index contributed by atoms with van der Waals surface area (Å²) in [4.78, 5) is 13.1. The van der Waals surface area contributed by atoms with Crippen LogP contribution in [0, 0.1) is 23.7 Å². The molecule has 42 heavy (non-hydrogen) atoms. The van der Waals surface area contributed by atoms with Crippen LogP contribution in [0.2, 0.25) is 0 Å². The van der Waals surface area contributed by atoms with Crippen molar-refractivity contribution in [1.29, 1.82) is 0 Å². The van der Waals surface area contributed by atoms with Gasteiger partial charge in [0, 0.05) is 38.6 Å². The van der Waals surface area contributed by atoms with Gasteiger partial charge in [-0.25, -0.2) is 0 Å². The van der Waals surface area contributed by atoms with Crippen molar-refractivity contribution in [3.63, 3.8) is 0 Å². The highest BCUT2D eigenvalue weighted by Crippen LogP contribution is 2.32. The zero-order valence-electron chi connectivity index (χ0n) is 26.7. The third-order valence-electron chi connectivity index (χ3n) is 7.97. The van der Waals surface area contributed by atoms with Crippen LogP contribution in [-0.2, 0) is 22.4 Å². The minimum Gasteiger partial charge on any atom is -0.497 e. The Hall–Kier alpha value is -2.81. The molecule has 0 bridgehead atoms. The Morgan fingerprint density at radius 3 is 2.31 bits per heavy atom. The molecule has 0 fully saturated rings. The quantitative estimate of drug-likeness (QED) is 0.187. The molecule has 0 aliphatic heterocycles. The van der Waals surface area contributed by atoms with Gasteiger partial charge in [0.2, 0.25) is 5.91 Å². The molecular formula is C34H54N2O6. The van der Waals surface area contributed by atoms with E-state index in [1.807, 2.05) is 50.2 Å². The van der Waals surface area contributed by atoms with Crippen LogP contribution >= 0.6 is 0 Å². The second-order valence-electron chi connectivity index (χ2n) is 11.8. The molecule has 0 aliphatic carbocycles. The highest BCUT2D eigenvalue weighted by atomic mass is 16.5. The van der Waals surface area contributed by atoms with Gasteiger partial charge in [-0.3, -0.25) is 4.79 Å². The lowest BCUT2D eigenvalue weighted by Gasteiger charge is -2.30. The van der Waals surface area contributed by atoms with E-state index in [1.165, 1.54) is 0 Å². The molecule has 8 nitrogen and oxygen atoms in total. The SMILES string of the molecule is COCCCOc1cc(C[C@@H](C[C@H](N)[C@@H](O)C[C@H](C(=O)NCCc2cccc(OC)c2)C(C)C)C(C)C)ccc1OC. The normalized spacial score (nSPS) is 14.4. The van der Waals surface area contributed by atoms with E-state index in [1.54, 1.807) is 21.3 Å². The van der Waals surface area contributed by atoms with E-state index in [0.717, 1.165) is 35.5 Å². The largest absolute Gasteiger partial charge is 0.497 e. The first-order valence-corrected chi connectivity index (χ1v) is 15.2. The van der Waals surface area contributed by atoms with Gasteiger partial charge in [0.25, 0.3) is 0 Å². The zero-order chi connectivity index (χ0) is 31.1. The monoisotopic (exact) mass is 586 g/mol. The lowest BCUT2D eigenvalue weighted by molar-refractivity contribution is -0.127. The van der Waals surface area contributed by atoms with Crippen molar-refractivity contribution in [2.75, 3.05) is 41.1 Å². The zero-order valence-corrected chi connectivity index (χ0v) is 26.7. The summed E-state index contributed by atoms with van der Waals surface area (Å²) in [6, 6.07) is 13.4. The fourth-order valence-corrected chi connectivity index (χ4v) is 5.15. The number of aliphatic hydroxyl groups is 1. The number of hydrogen-bond acceptors (Lipinski definition) is 7. The van der Waals surface area contributed by atoms with Gasteiger partial charge in [-0.05, 0) is 78.8 Å². The second-order valence-corrected chi connectivity index (χ2v) is 11.8. The first-order chi connectivity index (χ1) is 20.1. The molecule has 0 unspecified atom stereocenters. The molecule has 4 atom stereocenters. The van der Waals surface area contributed by atoms with E-state index in [4.69, 9.17) is 24.7 Å². The maximum absolute atomic E-state index is 13.1. The van der Waals surface area contributed by atoms with Gasteiger partial charge >= 0.3 is 0 Å². The van der Waals surface area contributed by atoms with Crippen LogP contribution in [0.3, 0.4) is 0 Å². The summed E-state index contributed by atoms with van der Waals surface area (Å²) in [7, 11) is 4.96. The van der Waals surface area contributed by atoms with Gasteiger partial charge in [0.15, 0.2) is 11.5 Å². The number of methoxy groups -OCH3 is 3. The van der Waals surface area contributed by atoms with Crippen molar-refractivity contribution in [2.24, 2.45) is 29.4 Å². The van der Waals surface area contributed by atoms with Crippen molar-refractivity contribution in [3.05, 3.63) is 53.6 Å². The van der Waals surface area contributed by atoms with Crippen LogP contribution in [0.25, 0.3) is 0 Å². The first-order valence-electron chi connectivity index (χ1n) is 15.2. The van der Waals surface area contributed by atoms with Gasteiger partial charge in [-0.2, -0.15) is 0 Å². The molecule has 1 amide bonds. The predicted molar refractivity (Wildman–Crippen MR) is 168 cm³/mol. The summed E-state index contributed by atoms with van der Waals surface area (Å²) in [5.74, 6) is 2.53. The van der Waals surface area contributed by atoms with E-state index in [2.05, 4.69) is 25.2 Å². The maximum Gasteiger partial charge on any atom is 0.223 e. The Labute approximate surface area is 253 Å². The van der Waals surface area contributed by atoms with E-state index in [9.17, 15) is 9.90 Å². The fraction of sp³-hybridized carbons (Fsp3) is 0.618. The number of rotatable bonds is 20. The van der Waals surface area contributed by atoms with E-state index >= 15 is 0 Å². The molecule has 0 spiro atoms. The van der Waals surface area contributed by atoms with Gasteiger partial charge < -0.3 is 35.1 Å². The molecule has 0 aliphatic rings. The number of amides is 1. The number of benzene rings is 2. The smallest absolute Gasteiger partial charge is 0.223 e. The Kier molecular flexibility index (Phi) is 15.7. The fourth-order valence-electron chi connectivity index (χ4n) is 5.15. The molecule has 8 heteroatoms. The van der Waals surface area contributed by atoms with Crippen molar-refractivity contribution in [1.82, 2.24) is 5.32 Å². The summed E-state index contributed by atoms with van der Waals surface area (Å²) in [5.41, 5.74) is 8.81. The molecule has 0 heterocycles. The summed E-state index contributed by atoms with van der Waals surface area (Å²) >= 11 is 0. The minimum absolute atomic E-state index is 0.0455. The van der Waals surface area contributed by atoms with Crippen LogP contribution in [0.5, 0.6) is 17.2 Å². The summed E-state index contributed by atoms with van der Waals surface area (Å²) in [5, 5.41) is 14.2. The molecule has 236 valence electrons. The number of carbonyl (C=O) groups is 1. The Balaban J connectivity index is 1.97. The molecular weight excluding hydrogens is 532 g/mol. The Morgan fingerprint density at radius 1 is 0.905 bits per heavy atom. The highest BCUT2D eigenvalue weighted by Gasteiger charge is 2.29. The molecule has 0 saturated heterocycles. The summed E-state index contributed by atoms with van der Waals surface area (Å²) in [6.07, 6.45) is 2.50. The lowest BCUT2D eigenvalue weighted by atomic mass is 9.81. The van der Waals surface area contributed by atoms with Crippen LogP contribution < -0.4 is 25.3 Å². The second kappa shape index (κ2) is 18.7. The molecule has 2 rings (SSSR count). The molecule has 0 radical (unpaired) electrons. The van der Waals surface area contributed by atoms with Gasteiger partial charge in [-0.15, -0.1) is 0 Å². The van der Waals surface area contributed by atoms with Gasteiger partial charge in [0.1, 0.15) is 5.75 Å². The molecule has 2 aromatic rings. The Bertz CT molecular complexity index is 1060. The van der Waals surface area contributed by atoms with Crippen molar-refractivity contribution >= 4 is 5.91 Å². The molecule has 4 N–H and O–H groups in total. The lowest BCUT2D eigenvalue weighted by Crippen LogP contribution is -2.43.